The molecular weight excluding hydrogens is 380 g/mol. The maximum absolute atomic E-state index is 12.2. The molecule has 28 heavy (non-hydrogen) atoms. The molecule has 0 amide bonds. The van der Waals surface area contributed by atoms with Crippen molar-refractivity contribution < 1.29 is 27.1 Å². The summed E-state index contributed by atoms with van der Waals surface area (Å²) in [6, 6.07) is 0. The van der Waals surface area contributed by atoms with E-state index < -0.39 is 22.6 Å². The van der Waals surface area contributed by atoms with Gasteiger partial charge in [-0.05, 0) is 80.5 Å². The molecule has 158 valence electrons. The quantitative estimate of drug-likeness (QED) is 0.545. The predicted molar refractivity (Wildman–Crippen MR) is 104 cm³/mol. The number of hydrogen-bond donors (Lipinski definition) is 2. The first-order valence-electron chi connectivity index (χ1n) is 10.5. The first-order chi connectivity index (χ1) is 13.0. The van der Waals surface area contributed by atoms with E-state index in [0.717, 1.165) is 31.3 Å². The average Bonchev–Trinajstić information content (AvgIpc) is 2.90. The maximum Gasteiger partial charge on any atom is 0.397 e. The third-order valence-electron chi connectivity index (χ3n) is 8.74. The Morgan fingerprint density at radius 1 is 1.25 bits per heavy atom. The average molecular weight is 413 g/mol. The van der Waals surface area contributed by atoms with Crippen LogP contribution in [0, 0.1) is 34.5 Å². The first-order valence-corrected chi connectivity index (χ1v) is 11.9. The molecule has 0 spiro atoms. The van der Waals surface area contributed by atoms with E-state index in [4.69, 9.17) is 8.74 Å². The summed E-state index contributed by atoms with van der Waals surface area (Å²) in [5.41, 5.74) is 0.841. The summed E-state index contributed by atoms with van der Waals surface area (Å²) in [6.45, 7) is 6.09. The summed E-state index contributed by atoms with van der Waals surface area (Å²) in [7, 11) is -4.46. The molecule has 3 fully saturated rings. The van der Waals surface area contributed by atoms with E-state index >= 15 is 0 Å². The second kappa shape index (κ2) is 6.62. The highest BCUT2D eigenvalue weighted by atomic mass is 32.3. The van der Waals surface area contributed by atoms with Crippen LogP contribution in [-0.4, -0.2) is 36.1 Å². The van der Waals surface area contributed by atoms with Crippen LogP contribution in [0.1, 0.15) is 65.7 Å². The Labute approximate surface area is 167 Å². The molecule has 0 bridgehead atoms. The van der Waals surface area contributed by atoms with E-state index in [1.54, 1.807) is 6.92 Å². The highest BCUT2D eigenvalue weighted by Gasteiger charge is 2.62. The van der Waals surface area contributed by atoms with Crippen LogP contribution in [0.2, 0.25) is 0 Å². The molecule has 7 heteroatoms. The van der Waals surface area contributed by atoms with Crippen molar-refractivity contribution in [3.05, 3.63) is 11.6 Å². The molecule has 2 N–H and O–H groups in total. The molecule has 0 aromatic heterocycles. The van der Waals surface area contributed by atoms with Gasteiger partial charge < -0.3 is 5.11 Å². The number of allylic oxidation sites excluding steroid dienone is 1. The lowest BCUT2D eigenvalue weighted by atomic mass is 9.46. The van der Waals surface area contributed by atoms with E-state index in [0.29, 0.717) is 31.1 Å². The lowest BCUT2D eigenvalue weighted by Gasteiger charge is -2.59. The first kappa shape index (κ1) is 20.5. The Balaban J connectivity index is 1.63. The molecule has 0 saturated heterocycles. The number of carbonyl (C=O) groups excluding carboxylic acids is 1. The summed E-state index contributed by atoms with van der Waals surface area (Å²) >= 11 is 0. The van der Waals surface area contributed by atoms with E-state index in [9.17, 15) is 18.3 Å². The molecule has 0 heterocycles. The predicted octanol–water partition coefficient (Wildman–Crippen LogP) is 3.31. The van der Waals surface area contributed by atoms with Crippen LogP contribution >= 0.6 is 0 Å². The molecule has 4 rings (SSSR count). The van der Waals surface area contributed by atoms with E-state index in [2.05, 4.69) is 19.9 Å². The molecule has 3 saturated carbocycles. The van der Waals surface area contributed by atoms with Crippen molar-refractivity contribution in [3.63, 3.8) is 0 Å². The number of carbonyl (C=O) groups is 1. The minimum atomic E-state index is -4.46. The molecule has 0 aromatic carbocycles. The Hall–Kier alpha value is -0.760. The Morgan fingerprint density at radius 2 is 1.96 bits per heavy atom. The molecule has 4 aliphatic carbocycles. The standard InChI is InChI=1S/C21H32O6S/c1-12(22)16-6-7-17-15-5-4-13-10-14(27-28(24,25)26)8-9-20(13,2)19(15)18(23)11-21(16,17)3/h4,14-19,23H,5-11H2,1-3H3,(H,24,25,26)/t14?,15?,16-,17?,18+,19?,20+,21-/m1/s1. The van der Waals surface area contributed by atoms with Gasteiger partial charge in [-0.25, -0.2) is 4.18 Å². The SMILES string of the molecule is CC(=O)[C@H]1CCC2C3CC=C4CC(OS(=O)(=O)O)CC[C@]4(C)C3[C@@H](O)C[C@@]21C. The fourth-order valence-electron chi connectivity index (χ4n) is 7.68. The van der Waals surface area contributed by atoms with Crippen molar-refractivity contribution in [2.24, 2.45) is 34.5 Å². The van der Waals surface area contributed by atoms with Crippen LogP contribution in [0.15, 0.2) is 11.6 Å². The molecule has 0 aliphatic heterocycles. The zero-order valence-electron chi connectivity index (χ0n) is 16.9. The fourth-order valence-corrected chi connectivity index (χ4v) is 8.19. The number of aliphatic hydroxyl groups excluding tert-OH is 1. The number of Topliss-reactive ketones (excluding diaryl/α,β-unsaturated/α-hetero) is 1. The fraction of sp³-hybridized carbons (Fsp3) is 0.857. The van der Waals surface area contributed by atoms with Crippen molar-refractivity contribution in [3.8, 4) is 0 Å². The molecular formula is C21H32O6S. The number of rotatable bonds is 3. The summed E-state index contributed by atoms with van der Waals surface area (Å²) in [6.07, 6.45) is 6.46. The van der Waals surface area contributed by atoms with Crippen LogP contribution in [0.25, 0.3) is 0 Å². The van der Waals surface area contributed by atoms with Crippen molar-refractivity contribution in [1.82, 2.24) is 0 Å². The maximum atomic E-state index is 12.2. The van der Waals surface area contributed by atoms with Gasteiger partial charge in [-0.2, -0.15) is 8.42 Å². The van der Waals surface area contributed by atoms with Crippen LogP contribution in [0.4, 0.5) is 0 Å². The minimum Gasteiger partial charge on any atom is -0.393 e. The van der Waals surface area contributed by atoms with Gasteiger partial charge in [0, 0.05) is 5.92 Å². The van der Waals surface area contributed by atoms with Gasteiger partial charge in [0.1, 0.15) is 5.78 Å². The summed E-state index contributed by atoms with van der Waals surface area (Å²) in [5.74, 6) is 1.21. The largest absolute Gasteiger partial charge is 0.397 e. The van der Waals surface area contributed by atoms with Crippen molar-refractivity contribution in [2.45, 2.75) is 77.9 Å². The third kappa shape index (κ3) is 3.09. The smallest absolute Gasteiger partial charge is 0.393 e. The van der Waals surface area contributed by atoms with Gasteiger partial charge in [0.2, 0.25) is 0 Å². The summed E-state index contributed by atoms with van der Waals surface area (Å²) in [5, 5.41) is 11.3. The van der Waals surface area contributed by atoms with Gasteiger partial charge in [-0.1, -0.05) is 25.5 Å². The van der Waals surface area contributed by atoms with Crippen LogP contribution < -0.4 is 0 Å². The monoisotopic (exact) mass is 412 g/mol. The number of fused-ring (bicyclic) bond motifs is 5. The lowest BCUT2D eigenvalue weighted by molar-refractivity contribution is -0.140. The molecule has 0 aromatic rings. The van der Waals surface area contributed by atoms with Gasteiger partial charge in [-0.3, -0.25) is 9.35 Å². The zero-order chi connectivity index (χ0) is 20.5. The number of ketones is 1. The zero-order valence-corrected chi connectivity index (χ0v) is 17.7. The van der Waals surface area contributed by atoms with Crippen molar-refractivity contribution >= 4 is 16.2 Å². The highest BCUT2D eigenvalue weighted by Crippen LogP contribution is 2.66. The van der Waals surface area contributed by atoms with Gasteiger partial charge in [0.25, 0.3) is 0 Å². The normalized spacial score (nSPS) is 48.2. The molecule has 4 unspecified atom stereocenters. The highest BCUT2D eigenvalue weighted by molar-refractivity contribution is 7.80. The van der Waals surface area contributed by atoms with Gasteiger partial charge >= 0.3 is 10.4 Å². The minimum absolute atomic E-state index is 0.0465. The number of aliphatic hydroxyl groups is 1. The number of hydrogen-bond acceptors (Lipinski definition) is 5. The van der Waals surface area contributed by atoms with Gasteiger partial charge in [0.15, 0.2) is 0 Å². The molecule has 6 nitrogen and oxygen atoms in total. The lowest BCUT2D eigenvalue weighted by Crippen LogP contribution is -2.56. The van der Waals surface area contributed by atoms with Gasteiger partial charge in [-0.15, -0.1) is 0 Å². The van der Waals surface area contributed by atoms with Crippen LogP contribution in [0.5, 0.6) is 0 Å². The molecule has 8 atom stereocenters. The van der Waals surface area contributed by atoms with Crippen LogP contribution in [0.3, 0.4) is 0 Å². The van der Waals surface area contributed by atoms with E-state index in [1.165, 1.54) is 0 Å². The summed E-state index contributed by atoms with van der Waals surface area (Å²) in [4.78, 5) is 12.2. The Morgan fingerprint density at radius 3 is 2.61 bits per heavy atom. The van der Waals surface area contributed by atoms with Crippen LogP contribution in [-0.2, 0) is 19.4 Å². The van der Waals surface area contributed by atoms with Crippen molar-refractivity contribution in [2.75, 3.05) is 0 Å². The topological polar surface area (TPSA) is 101 Å². The van der Waals surface area contributed by atoms with E-state index in [1.807, 2.05) is 0 Å². The molecule has 0 radical (unpaired) electrons. The summed E-state index contributed by atoms with van der Waals surface area (Å²) < 4.78 is 36.1. The second-order valence-electron chi connectivity index (χ2n) is 10.1. The Kier molecular flexibility index (Phi) is 4.85. The Bertz CT molecular complexity index is 804. The third-order valence-corrected chi connectivity index (χ3v) is 9.25. The van der Waals surface area contributed by atoms with Crippen molar-refractivity contribution in [1.29, 1.82) is 0 Å². The second-order valence-corrected chi connectivity index (χ2v) is 11.1. The van der Waals surface area contributed by atoms with E-state index in [-0.39, 0.29) is 28.4 Å². The molecule has 4 aliphatic rings. The van der Waals surface area contributed by atoms with Gasteiger partial charge in [0.05, 0.1) is 12.2 Å².